The van der Waals surface area contributed by atoms with E-state index in [9.17, 15) is 18.8 Å². The molecule has 7 nitrogen and oxygen atoms in total. The van der Waals surface area contributed by atoms with Gasteiger partial charge in [0, 0.05) is 11.8 Å². The molecule has 0 aliphatic heterocycles. The molecular weight excluding hydrogens is 297 g/mol. The van der Waals surface area contributed by atoms with Gasteiger partial charge in [0.2, 0.25) is 0 Å². The Bertz CT molecular complexity index is 595. The number of carboxylic acid groups (broad SMARTS) is 1. The van der Waals surface area contributed by atoms with E-state index in [2.05, 4.69) is 14.8 Å². The second kappa shape index (κ2) is 7.77. The number of carboxylic acids is 1. The number of aliphatic carboxylic acids is 1. The van der Waals surface area contributed by atoms with Crippen LogP contribution in [0.1, 0.15) is 11.6 Å². The van der Waals surface area contributed by atoms with Crippen molar-refractivity contribution in [2.45, 2.75) is 6.04 Å². The van der Waals surface area contributed by atoms with E-state index < -0.39 is 35.3 Å². The molecule has 0 aromatic heterocycles. The van der Waals surface area contributed by atoms with Gasteiger partial charge in [-0.2, -0.15) is 0 Å². The summed E-state index contributed by atoms with van der Waals surface area (Å²) in [5.74, 6) is -4.17. The summed E-state index contributed by atoms with van der Waals surface area (Å²) in [6.07, 6.45) is 0.822. The van der Waals surface area contributed by atoms with Crippen LogP contribution < -0.4 is 5.32 Å². The number of methoxy groups -OCH3 is 2. The van der Waals surface area contributed by atoms with Crippen LogP contribution in [0, 0.1) is 5.82 Å². The van der Waals surface area contributed by atoms with Crippen molar-refractivity contribution in [3.05, 3.63) is 47.4 Å². The van der Waals surface area contributed by atoms with Crippen LogP contribution in [0.4, 0.5) is 4.39 Å². The van der Waals surface area contributed by atoms with Crippen molar-refractivity contribution in [3.63, 3.8) is 0 Å². The molecule has 1 atom stereocenters. The van der Waals surface area contributed by atoms with Crippen molar-refractivity contribution in [2.24, 2.45) is 0 Å². The molecule has 2 N–H and O–H groups in total. The monoisotopic (exact) mass is 311 g/mol. The van der Waals surface area contributed by atoms with E-state index in [0.29, 0.717) is 0 Å². The minimum absolute atomic E-state index is 0.152. The largest absolute Gasteiger partial charge is 0.479 e. The predicted octanol–water partition coefficient (Wildman–Crippen LogP) is 0.771. The van der Waals surface area contributed by atoms with Gasteiger partial charge in [-0.3, -0.25) is 0 Å². The second-order valence-electron chi connectivity index (χ2n) is 4.00. The molecule has 0 heterocycles. The van der Waals surface area contributed by atoms with E-state index in [1.807, 2.05) is 0 Å². The fourth-order valence-corrected chi connectivity index (χ4v) is 1.59. The molecule has 1 unspecified atom stereocenters. The van der Waals surface area contributed by atoms with Crippen molar-refractivity contribution in [2.75, 3.05) is 14.2 Å². The van der Waals surface area contributed by atoms with Gasteiger partial charge in [-0.15, -0.1) is 0 Å². The number of rotatable bonds is 6. The molecule has 0 spiro atoms. The molecule has 22 heavy (non-hydrogen) atoms. The lowest BCUT2D eigenvalue weighted by molar-refractivity contribution is -0.144. The summed E-state index contributed by atoms with van der Waals surface area (Å²) < 4.78 is 22.4. The van der Waals surface area contributed by atoms with E-state index in [1.54, 1.807) is 0 Å². The number of esters is 2. The van der Waals surface area contributed by atoms with Crippen LogP contribution in [-0.2, 0) is 23.9 Å². The van der Waals surface area contributed by atoms with E-state index in [-0.39, 0.29) is 5.56 Å². The number of benzene rings is 1. The Balaban J connectivity index is 3.12. The van der Waals surface area contributed by atoms with Crippen molar-refractivity contribution < 1.29 is 33.4 Å². The van der Waals surface area contributed by atoms with E-state index >= 15 is 0 Å². The predicted molar refractivity (Wildman–Crippen MR) is 72.0 cm³/mol. The standard InChI is InChI=1S/C14H14FNO6/c1-21-13(19)9(14(20)22-2)7-16-11(12(17)18)8-5-3-4-6-10(8)15/h3-7,11,16H,1-2H3,(H,17,18). The molecule has 0 aliphatic carbocycles. The fourth-order valence-electron chi connectivity index (χ4n) is 1.59. The summed E-state index contributed by atoms with van der Waals surface area (Å²) in [7, 11) is 2.09. The molecule has 1 rings (SSSR count). The van der Waals surface area contributed by atoms with Crippen LogP contribution in [0.2, 0.25) is 0 Å². The first-order chi connectivity index (χ1) is 10.4. The van der Waals surface area contributed by atoms with Crippen LogP contribution >= 0.6 is 0 Å². The topological polar surface area (TPSA) is 102 Å². The zero-order chi connectivity index (χ0) is 16.7. The molecule has 1 aromatic carbocycles. The lowest BCUT2D eigenvalue weighted by atomic mass is 10.1. The number of ether oxygens (including phenoxy) is 2. The summed E-state index contributed by atoms with van der Waals surface area (Å²) in [4.78, 5) is 34.1. The molecule has 0 bridgehead atoms. The lowest BCUT2D eigenvalue weighted by Gasteiger charge is -2.14. The van der Waals surface area contributed by atoms with Crippen LogP contribution in [0.15, 0.2) is 36.0 Å². The van der Waals surface area contributed by atoms with Crippen molar-refractivity contribution in [3.8, 4) is 0 Å². The third-order valence-electron chi connectivity index (χ3n) is 2.67. The van der Waals surface area contributed by atoms with Gasteiger partial charge < -0.3 is 19.9 Å². The minimum atomic E-state index is -1.49. The Morgan fingerprint density at radius 1 is 1.18 bits per heavy atom. The van der Waals surface area contributed by atoms with E-state index in [4.69, 9.17) is 5.11 Å². The number of nitrogens with one attached hydrogen (secondary N) is 1. The van der Waals surface area contributed by atoms with Gasteiger partial charge in [0.15, 0.2) is 11.6 Å². The van der Waals surface area contributed by atoms with E-state index in [0.717, 1.165) is 26.5 Å². The Morgan fingerprint density at radius 3 is 2.18 bits per heavy atom. The molecule has 0 aliphatic rings. The summed E-state index contributed by atoms with van der Waals surface area (Å²) in [6.45, 7) is 0. The SMILES string of the molecule is COC(=O)C(=CNC(C(=O)O)c1ccccc1F)C(=O)OC. The molecule has 8 heteroatoms. The third kappa shape index (κ3) is 4.05. The van der Waals surface area contributed by atoms with Gasteiger partial charge in [0.1, 0.15) is 5.82 Å². The Morgan fingerprint density at radius 2 is 1.73 bits per heavy atom. The molecule has 0 radical (unpaired) electrons. The number of carbonyl (C=O) groups excluding carboxylic acids is 2. The van der Waals surface area contributed by atoms with Crippen molar-refractivity contribution in [1.82, 2.24) is 5.32 Å². The normalized spacial score (nSPS) is 11.0. The maximum atomic E-state index is 13.7. The first kappa shape index (κ1) is 17.2. The van der Waals surface area contributed by atoms with E-state index in [1.165, 1.54) is 18.2 Å². The molecule has 118 valence electrons. The van der Waals surface area contributed by atoms with Crippen LogP contribution in [-0.4, -0.2) is 37.2 Å². The van der Waals surface area contributed by atoms with Gasteiger partial charge in [-0.1, -0.05) is 18.2 Å². The Hall–Kier alpha value is -2.90. The lowest BCUT2D eigenvalue weighted by Crippen LogP contribution is -2.28. The van der Waals surface area contributed by atoms with Gasteiger partial charge in [-0.25, -0.2) is 18.8 Å². The van der Waals surface area contributed by atoms with Gasteiger partial charge in [-0.05, 0) is 6.07 Å². The highest BCUT2D eigenvalue weighted by molar-refractivity contribution is 6.13. The number of hydrogen-bond acceptors (Lipinski definition) is 6. The molecule has 0 saturated carbocycles. The number of carbonyl (C=O) groups is 3. The second-order valence-corrected chi connectivity index (χ2v) is 4.00. The van der Waals surface area contributed by atoms with Crippen molar-refractivity contribution in [1.29, 1.82) is 0 Å². The first-order valence-corrected chi connectivity index (χ1v) is 6.02. The van der Waals surface area contributed by atoms with Crippen LogP contribution in [0.3, 0.4) is 0 Å². The minimum Gasteiger partial charge on any atom is -0.479 e. The number of hydrogen-bond donors (Lipinski definition) is 2. The quantitative estimate of drug-likeness (QED) is 0.346. The summed E-state index contributed by atoms with van der Waals surface area (Å²) >= 11 is 0. The average Bonchev–Trinajstić information content (AvgIpc) is 2.51. The van der Waals surface area contributed by atoms with Crippen LogP contribution in [0.25, 0.3) is 0 Å². The molecule has 1 aromatic rings. The highest BCUT2D eigenvalue weighted by atomic mass is 19.1. The summed E-state index contributed by atoms with van der Waals surface area (Å²) in [5.41, 5.74) is -0.701. The highest BCUT2D eigenvalue weighted by Crippen LogP contribution is 2.17. The summed E-state index contributed by atoms with van der Waals surface area (Å²) in [6, 6.07) is 3.73. The van der Waals surface area contributed by atoms with Gasteiger partial charge >= 0.3 is 17.9 Å². The maximum absolute atomic E-state index is 13.7. The van der Waals surface area contributed by atoms with Crippen molar-refractivity contribution >= 4 is 17.9 Å². The van der Waals surface area contributed by atoms with Crippen LogP contribution in [0.5, 0.6) is 0 Å². The summed E-state index contributed by atoms with van der Waals surface area (Å²) in [5, 5.41) is 11.5. The third-order valence-corrected chi connectivity index (χ3v) is 2.67. The Kier molecular flexibility index (Phi) is 6.06. The number of halogens is 1. The smallest absolute Gasteiger partial charge is 0.346 e. The van der Waals surface area contributed by atoms with Gasteiger partial charge in [0.25, 0.3) is 0 Å². The van der Waals surface area contributed by atoms with Gasteiger partial charge in [0.05, 0.1) is 14.2 Å². The molecule has 0 saturated heterocycles. The highest BCUT2D eigenvalue weighted by Gasteiger charge is 2.24. The maximum Gasteiger partial charge on any atom is 0.346 e. The molecule has 0 fully saturated rings. The molecular formula is C14H14FNO6. The Labute approximate surface area is 125 Å². The average molecular weight is 311 g/mol. The zero-order valence-corrected chi connectivity index (χ0v) is 11.8. The first-order valence-electron chi connectivity index (χ1n) is 6.02. The zero-order valence-electron chi connectivity index (χ0n) is 11.8. The molecule has 0 amide bonds. The fraction of sp³-hybridized carbons (Fsp3) is 0.214.